The zero-order chi connectivity index (χ0) is 19.8. The molecule has 0 spiro atoms. The summed E-state index contributed by atoms with van der Waals surface area (Å²) in [5.41, 5.74) is 0. The quantitative estimate of drug-likeness (QED) is 0.655. The first-order valence-electron chi connectivity index (χ1n) is 10.9. The van der Waals surface area contributed by atoms with Gasteiger partial charge in [0.15, 0.2) is 0 Å². The van der Waals surface area contributed by atoms with Gasteiger partial charge in [-0.15, -0.1) is 0 Å². The summed E-state index contributed by atoms with van der Waals surface area (Å²) in [6, 6.07) is 0.220. The maximum absolute atomic E-state index is 12.2. The number of carbonyl (C=O) groups is 2. The van der Waals surface area contributed by atoms with E-state index in [0.29, 0.717) is 24.9 Å². The van der Waals surface area contributed by atoms with Gasteiger partial charge in [-0.3, -0.25) is 9.59 Å². The molecule has 5 heteroatoms. The number of ether oxygens (including phenoxy) is 2. The van der Waals surface area contributed by atoms with E-state index in [1.807, 2.05) is 13.8 Å². The van der Waals surface area contributed by atoms with Gasteiger partial charge in [0.05, 0.1) is 24.9 Å². The first kappa shape index (κ1) is 22.4. The summed E-state index contributed by atoms with van der Waals surface area (Å²) in [7, 11) is 0. The van der Waals surface area contributed by atoms with Crippen molar-refractivity contribution in [2.75, 3.05) is 6.61 Å². The van der Waals surface area contributed by atoms with Crippen molar-refractivity contribution >= 4 is 11.7 Å². The van der Waals surface area contributed by atoms with Crippen LogP contribution in [-0.4, -0.2) is 42.7 Å². The maximum Gasteiger partial charge on any atom is 0.222 e. The summed E-state index contributed by atoms with van der Waals surface area (Å²) in [6.07, 6.45) is 9.11. The molecule has 2 saturated carbocycles. The van der Waals surface area contributed by atoms with Crippen LogP contribution in [0.3, 0.4) is 0 Å². The molecule has 0 atom stereocenters. The summed E-state index contributed by atoms with van der Waals surface area (Å²) < 4.78 is 11.8. The van der Waals surface area contributed by atoms with Crippen LogP contribution in [0.5, 0.6) is 0 Å². The minimum Gasteiger partial charge on any atom is -0.378 e. The third-order valence-electron chi connectivity index (χ3n) is 5.83. The predicted octanol–water partition coefficient (Wildman–Crippen LogP) is 4.03. The lowest BCUT2D eigenvalue weighted by Crippen LogP contribution is -2.39. The van der Waals surface area contributed by atoms with Gasteiger partial charge in [0.2, 0.25) is 5.91 Å². The van der Waals surface area contributed by atoms with Crippen molar-refractivity contribution < 1.29 is 19.1 Å². The Labute approximate surface area is 164 Å². The summed E-state index contributed by atoms with van der Waals surface area (Å²) in [4.78, 5) is 24.3. The van der Waals surface area contributed by atoms with E-state index in [1.54, 1.807) is 0 Å². The Bertz CT molecular complexity index is 461. The predicted molar refractivity (Wildman–Crippen MR) is 107 cm³/mol. The number of hydrogen-bond acceptors (Lipinski definition) is 4. The molecular formula is C22H39NO4. The monoisotopic (exact) mass is 381 g/mol. The highest BCUT2D eigenvalue weighted by Gasteiger charge is 2.28. The molecule has 2 rings (SSSR count). The van der Waals surface area contributed by atoms with Crippen LogP contribution in [0, 0.1) is 11.8 Å². The third kappa shape index (κ3) is 7.90. The molecule has 0 aromatic heterocycles. The summed E-state index contributed by atoms with van der Waals surface area (Å²) in [5.74, 6) is 0.758. The van der Waals surface area contributed by atoms with E-state index in [9.17, 15) is 9.59 Å². The lowest BCUT2D eigenvalue weighted by Gasteiger charge is -2.30. The SMILES string of the molecule is CC(C)O[C@H]1CC[C@H](OCCC(=O)N[C@H]2CC[C@@H](C(=O)C(C)C)CC2)CC1. The average molecular weight is 382 g/mol. The zero-order valence-corrected chi connectivity index (χ0v) is 17.7. The second kappa shape index (κ2) is 11.2. The molecule has 2 aliphatic rings. The molecule has 0 saturated heterocycles. The van der Waals surface area contributed by atoms with Crippen molar-refractivity contribution in [3.05, 3.63) is 0 Å². The average Bonchev–Trinajstić information content (AvgIpc) is 2.62. The highest BCUT2D eigenvalue weighted by Crippen LogP contribution is 2.27. The lowest BCUT2D eigenvalue weighted by molar-refractivity contribution is -0.127. The lowest BCUT2D eigenvalue weighted by atomic mass is 9.80. The van der Waals surface area contributed by atoms with Crippen LogP contribution in [0.4, 0.5) is 0 Å². The molecular weight excluding hydrogens is 342 g/mol. The fourth-order valence-electron chi connectivity index (χ4n) is 4.33. The number of amides is 1. The van der Waals surface area contributed by atoms with Crippen LogP contribution in [-0.2, 0) is 19.1 Å². The normalized spacial score (nSPS) is 29.1. The third-order valence-corrected chi connectivity index (χ3v) is 5.83. The molecule has 0 aliphatic heterocycles. The molecule has 2 fully saturated rings. The fourth-order valence-corrected chi connectivity index (χ4v) is 4.33. The molecule has 27 heavy (non-hydrogen) atoms. The van der Waals surface area contributed by atoms with Gasteiger partial charge in [-0.05, 0) is 65.2 Å². The maximum atomic E-state index is 12.2. The topological polar surface area (TPSA) is 64.6 Å². The van der Waals surface area contributed by atoms with E-state index in [4.69, 9.17) is 9.47 Å². The number of ketones is 1. The Hall–Kier alpha value is -0.940. The first-order chi connectivity index (χ1) is 12.8. The van der Waals surface area contributed by atoms with Crippen LogP contribution in [0.2, 0.25) is 0 Å². The molecule has 156 valence electrons. The Morgan fingerprint density at radius 2 is 1.48 bits per heavy atom. The van der Waals surface area contributed by atoms with Crippen LogP contribution in [0.15, 0.2) is 0 Å². The van der Waals surface area contributed by atoms with E-state index in [-0.39, 0.29) is 36.0 Å². The number of nitrogens with one attached hydrogen (secondary N) is 1. The molecule has 0 aromatic rings. The second-order valence-electron chi connectivity index (χ2n) is 8.88. The summed E-state index contributed by atoms with van der Waals surface area (Å²) in [5, 5.41) is 3.12. The van der Waals surface area contributed by atoms with Crippen LogP contribution >= 0.6 is 0 Å². The minimum absolute atomic E-state index is 0.0745. The van der Waals surface area contributed by atoms with Gasteiger partial charge in [-0.25, -0.2) is 0 Å². The number of hydrogen-bond donors (Lipinski definition) is 1. The molecule has 0 aromatic carbocycles. The number of rotatable bonds is 9. The van der Waals surface area contributed by atoms with Gasteiger partial charge < -0.3 is 14.8 Å². The molecule has 1 amide bonds. The van der Waals surface area contributed by atoms with E-state index < -0.39 is 0 Å². The van der Waals surface area contributed by atoms with Gasteiger partial charge in [-0.1, -0.05) is 13.8 Å². The van der Waals surface area contributed by atoms with Crippen molar-refractivity contribution in [2.45, 2.75) is 110 Å². The highest BCUT2D eigenvalue weighted by molar-refractivity contribution is 5.83. The van der Waals surface area contributed by atoms with Crippen LogP contribution < -0.4 is 5.32 Å². The van der Waals surface area contributed by atoms with E-state index in [2.05, 4.69) is 19.2 Å². The molecule has 0 heterocycles. The van der Waals surface area contributed by atoms with Crippen LogP contribution in [0.25, 0.3) is 0 Å². The highest BCUT2D eigenvalue weighted by atomic mass is 16.5. The standard InChI is InChI=1S/C22H39NO4/c1-15(2)22(25)17-5-7-18(8-6-17)23-21(24)13-14-26-19-9-11-20(12-10-19)27-16(3)4/h15-20H,5-14H2,1-4H3,(H,23,24)/t17-,18+,19-,20-. The summed E-state index contributed by atoms with van der Waals surface area (Å²) >= 11 is 0. The first-order valence-corrected chi connectivity index (χ1v) is 10.9. The number of carbonyl (C=O) groups excluding carboxylic acids is 2. The van der Waals surface area contributed by atoms with E-state index >= 15 is 0 Å². The summed E-state index contributed by atoms with van der Waals surface area (Å²) in [6.45, 7) is 8.60. The van der Waals surface area contributed by atoms with E-state index in [0.717, 1.165) is 51.4 Å². The minimum atomic E-state index is 0.0745. The van der Waals surface area contributed by atoms with Crippen molar-refractivity contribution in [2.24, 2.45) is 11.8 Å². The van der Waals surface area contributed by atoms with Crippen molar-refractivity contribution in [1.29, 1.82) is 0 Å². The Morgan fingerprint density at radius 3 is 2.04 bits per heavy atom. The van der Waals surface area contributed by atoms with Gasteiger partial charge in [0.1, 0.15) is 5.78 Å². The Morgan fingerprint density at radius 1 is 0.889 bits per heavy atom. The Kier molecular flexibility index (Phi) is 9.24. The smallest absolute Gasteiger partial charge is 0.222 e. The molecule has 1 N–H and O–H groups in total. The fraction of sp³-hybridized carbons (Fsp3) is 0.909. The van der Waals surface area contributed by atoms with Crippen molar-refractivity contribution in [1.82, 2.24) is 5.32 Å². The molecule has 0 unspecified atom stereocenters. The van der Waals surface area contributed by atoms with Crippen molar-refractivity contribution in [3.63, 3.8) is 0 Å². The van der Waals surface area contributed by atoms with Crippen LogP contribution in [0.1, 0.15) is 85.5 Å². The molecule has 0 bridgehead atoms. The molecule has 0 radical (unpaired) electrons. The van der Waals surface area contributed by atoms with Gasteiger partial charge in [-0.2, -0.15) is 0 Å². The molecule has 5 nitrogen and oxygen atoms in total. The largest absolute Gasteiger partial charge is 0.378 e. The number of Topliss-reactive ketones (excluding diaryl/α,β-unsaturated/α-hetero) is 1. The van der Waals surface area contributed by atoms with Gasteiger partial charge >= 0.3 is 0 Å². The molecule has 2 aliphatic carbocycles. The Balaban J connectivity index is 1.55. The van der Waals surface area contributed by atoms with Gasteiger partial charge in [0.25, 0.3) is 0 Å². The van der Waals surface area contributed by atoms with Crippen molar-refractivity contribution in [3.8, 4) is 0 Å². The van der Waals surface area contributed by atoms with Gasteiger partial charge in [0, 0.05) is 24.3 Å². The van der Waals surface area contributed by atoms with E-state index in [1.165, 1.54) is 0 Å². The second-order valence-corrected chi connectivity index (χ2v) is 8.88. The zero-order valence-electron chi connectivity index (χ0n) is 17.7.